The van der Waals surface area contributed by atoms with Crippen molar-refractivity contribution in [3.63, 3.8) is 0 Å². The molecule has 0 fully saturated rings. The minimum absolute atomic E-state index is 0.0154. The molecule has 0 aliphatic rings. The fourth-order valence-electron chi connectivity index (χ4n) is 2.74. The lowest BCUT2D eigenvalue weighted by Gasteiger charge is -2.12. The number of carbonyl (C=O) groups excluding carboxylic acids is 1. The Morgan fingerprint density at radius 3 is 2.75 bits per heavy atom. The van der Waals surface area contributed by atoms with E-state index in [9.17, 15) is 9.18 Å². The lowest BCUT2D eigenvalue weighted by molar-refractivity contribution is 0.0945. The molecule has 2 aromatic carbocycles. The third-order valence-corrected chi connectivity index (χ3v) is 5.23. The van der Waals surface area contributed by atoms with Crippen molar-refractivity contribution in [3.8, 4) is 5.69 Å². The van der Waals surface area contributed by atoms with Crippen LogP contribution in [0.2, 0.25) is 0 Å². The molecule has 0 saturated carbocycles. The number of aromatic nitrogens is 3. The van der Waals surface area contributed by atoms with Crippen LogP contribution >= 0.6 is 11.8 Å². The van der Waals surface area contributed by atoms with E-state index in [1.165, 1.54) is 12.1 Å². The zero-order valence-electron chi connectivity index (χ0n) is 16.0. The van der Waals surface area contributed by atoms with Crippen molar-refractivity contribution < 1.29 is 9.18 Å². The number of hydrogen-bond donors (Lipinski definition) is 1. The van der Waals surface area contributed by atoms with Crippen LogP contribution in [-0.2, 0) is 6.54 Å². The summed E-state index contributed by atoms with van der Waals surface area (Å²) in [5.41, 5.74) is 2.08. The highest BCUT2D eigenvalue weighted by Gasteiger charge is 2.17. The number of benzene rings is 2. The molecule has 0 radical (unpaired) electrons. The minimum Gasteiger partial charge on any atom is -0.345 e. The Morgan fingerprint density at radius 2 is 2.00 bits per heavy atom. The zero-order valence-corrected chi connectivity index (χ0v) is 16.8. The second-order valence-electron chi connectivity index (χ2n) is 6.44. The quantitative estimate of drug-likeness (QED) is 0.447. The summed E-state index contributed by atoms with van der Waals surface area (Å²) in [6.07, 6.45) is 2.20. The molecule has 0 aliphatic carbocycles. The van der Waals surface area contributed by atoms with Gasteiger partial charge in [0.2, 0.25) is 0 Å². The smallest absolute Gasteiger partial charge is 0.254 e. The molecule has 1 N–H and O–H groups in total. The van der Waals surface area contributed by atoms with Crippen LogP contribution in [0.3, 0.4) is 0 Å². The predicted molar refractivity (Wildman–Crippen MR) is 109 cm³/mol. The molecule has 1 aromatic heterocycles. The highest BCUT2D eigenvalue weighted by Crippen LogP contribution is 2.23. The largest absolute Gasteiger partial charge is 0.345 e. The van der Waals surface area contributed by atoms with Crippen molar-refractivity contribution in [2.75, 3.05) is 5.75 Å². The van der Waals surface area contributed by atoms with Crippen molar-refractivity contribution in [1.29, 1.82) is 0 Å². The highest BCUT2D eigenvalue weighted by atomic mass is 32.2. The van der Waals surface area contributed by atoms with E-state index >= 15 is 0 Å². The van der Waals surface area contributed by atoms with Gasteiger partial charge in [-0.15, -0.1) is 10.2 Å². The SMILES string of the molecule is CCCCSc1nnc(CNC(=O)c2ccccc2F)n1-c1cccc(C)c1. The van der Waals surface area contributed by atoms with Gasteiger partial charge in [0.05, 0.1) is 12.1 Å². The standard InChI is InChI=1S/C21H23FN4OS/c1-3-4-12-28-21-25-24-19(26(21)16-9-7-8-15(2)13-16)14-23-20(27)17-10-5-6-11-18(17)22/h5-11,13H,3-4,12,14H2,1-2H3,(H,23,27). The summed E-state index contributed by atoms with van der Waals surface area (Å²) in [4.78, 5) is 12.3. The van der Waals surface area contributed by atoms with Gasteiger partial charge >= 0.3 is 0 Å². The summed E-state index contributed by atoms with van der Waals surface area (Å²) in [6.45, 7) is 4.33. The number of rotatable bonds is 8. The number of nitrogens with one attached hydrogen (secondary N) is 1. The topological polar surface area (TPSA) is 59.8 Å². The number of halogens is 1. The molecule has 7 heteroatoms. The Hall–Kier alpha value is -2.67. The Bertz CT molecular complexity index is 957. The number of unbranched alkanes of at least 4 members (excludes halogenated alkanes) is 1. The van der Waals surface area contributed by atoms with Crippen molar-refractivity contribution in [2.45, 2.75) is 38.4 Å². The monoisotopic (exact) mass is 398 g/mol. The molecule has 1 amide bonds. The fourth-order valence-corrected chi connectivity index (χ4v) is 3.80. The molecule has 28 heavy (non-hydrogen) atoms. The predicted octanol–water partition coefficient (Wildman–Crippen LogP) is 4.54. The molecule has 0 unspecified atom stereocenters. The number of aryl methyl sites for hydroxylation is 1. The van der Waals surface area contributed by atoms with Gasteiger partial charge in [0.25, 0.3) is 5.91 Å². The highest BCUT2D eigenvalue weighted by molar-refractivity contribution is 7.99. The van der Waals surface area contributed by atoms with Crippen LogP contribution in [0.4, 0.5) is 4.39 Å². The molecule has 0 saturated heterocycles. The van der Waals surface area contributed by atoms with Gasteiger partial charge in [0.1, 0.15) is 5.82 Å². The zero-order chi connectivity index (χ0) is 19.9. The van der Waals surface area contributed by atoms with E-state index < -0.39 is 11.7 Å². The Kier molecular flexibility index (Phi) is 6.81. The van der Waals surface area contributed by atoms with Crippen LogP contribution in [0.25, 0.3) is 5.69 Å². The third kappa shape index (κ3) is 4.78. The maximum atomic E-state index is 13.8. The number of thioether (sulfide) groups is 1. The van der Waals surface area contributed by atoms with Crippen molar-refractivity contribution >= 4 is 17.7 Å². The Labute approximate surface area is 168 Å². The van der Waals surface area contributed by atoms with E-state index in [1.807, 2.05) is 29.7 Å². The molecule has 146 valence electrons. The van der Waals surface area contributed by atoms with E-state index in [0.717, 1.165) is 35.0 Å². The lowest BCUT2D eigenvalue weighted by atomic mass is 10.2. The normalized spacial score (nSPS) is 10.8. The van der Waals surface area contributed by atoms with Gasteiger partial charge in [-0.05, 0) is 43.2 Å². The van der Waals surface area contributed by atoms with E-state index in [2.05, 4.69) is 28.5 Å². The van der Waals surface area contributed by atoms with Gasteiger partial charge in [-0.2, -0.15) is 0 Å². The Morgan fingerprint density at radius 1 is 1.18 bits per heavy atom. The number of carbonyl (C=O) groups is 1. The first-order valence-electron chi connectivity index (χ1n) is 9.27. The first-order chi connectivity index (χ1) is 13.6. The van der Waals surface area contributed by atoms with E-state index in [-0.39, 0.29) is 12.1 Å². The van der Waals surface area contributed by atoms with Gasteiger partial charge < -0.3 is 5.32 Å². The van der Waals surface area contributed by atoms with Crippen LogP contribution in [-0.4, -0.2) is 26.4 Å². The number of amides is 1. The summed E-state index contributed by atoms with van der Waals surface area (Å²) >= 11 is 1.64. The second-order valence-corrected chi connectivity index (χ2v) is 7.50. The van der Waals surface area contributed by atoms with Crippen molar-refractivity contribution in [3.05, 3.63) is 71.3 Å². The summed E-state index contributed by atoms with van der Waals surface area (Å²) in [6, 6.07) is 14.0. The lowest BCUT2D eigenvalue weighted by Crippen LogP contribution is -2.25. The van der Waals surface area contributed by atoms with Crippen LogP contribution in [0.5, 0.6) is 0 Å². The van der Waals surface area contributed by atoms with Gasteiger partial charge in [0, 0.05) is 11.4 Å². The van der Waals surface area contributed by atoms with Gasteiger partial charge in [-0.1, -0.05) is 49.4 Å². The molecule has 0 spiro atoms. The molecule has 0 atom stereocenters. The number of hydrogen-bond acceptors (Lipinski definition) is 4. The van der Waals surface area contributed by atoms with Crippen molar-refractivity contribution in [1.82, 2.24) is 20.1 Å². The molecular formula is C21H23FN4OS. The van der Waals surface area contributed by atoms with Crippen LogP contribution < -0.4 is 5.32 Å². The summed E-state index contributed by atoms with van der Waals surface area (Å²) in [7, 11) is 0. The maximum absolute atomic E-state index is 13.8. The Balaban J connectivity index is 1.84. The van der Waals surface area contributed by atoms with Gasteiger partial charge in [0.15, 0.2) is 11.0 Å². The van der Waals surface area contributed by atoms with Crippen molar-refractivity contribution in [2.24, 2.45) is 0 Å². The molecule has 0 bridgehead atoms. The summed E-state index contributed by atoms with van der Waals surface area (Å²) < 4.78 is 15.8. The minimum atomic E-state index is -0.545. The first kappa shape index (κ1) is 20.1. The molecular weight excluding hydrogens is 375 g/mol. The molecule has 3 aromatic rings. The second kappa shape index (κ2) is 9.50. The van der Waals surface area contributed by atoms with E-state index in [4.69, 9.17) is 0 Å². The van der Waals surface area contributed by atoms with E-state index in [1.54, 1.807) is 23.9 Å². The van der Waals surface area contributed by atoms with Crippen LogP contribution in [0, 0.1) is 12.7 Å². The van der Waals surface area contributed by atoms with Crippen LogP contribution in [0.1, 0.15) is 41.5 Å². The maximum Gasteiger partial charge on any atom is 0.254 e. The third-order valence-electron chi connectivity index (χ3n) is 4.21. The molecule has 0 aliphatic heterocycles. The molecule has 1 heterocycles. The average molecular weight is 399 g/mol. The average Bonchev–Trinajstić information content (AvgIpc) is 3.09. The molecule has 5 nitrogen and oxygen atoms in total. The fraction of sp³-hybridized carbons (Fsp3) is 0.286. The summed E-state index contributed by atoms with van der Waals surface area (Å²) in [5.74, 6) is 0.532. The van der Waals surface area contributed by atoms with Gasteiger partial charge in [-0.25, -0.2) is 4.39 Å². The summed E-state index contributed by atoms with van der Waals surface area (Å²) in [5, 5.41) is 12.1. The first-order valence-corrected chi connectivity index (χ1v) is 10.3. The van der Waals surface area contributed by atoms with Gasteiger partial charge in [-0.3, -0.25) is 9.36 Å². The number of nitrogens with zero attached hydrogens (tertiary/aromatic N) is 3. The molecule has 3 rings (SSSR count). The van der Waals surface area contributed by atoms with Crippen LogP contribution in [0.15, 0.2) is 53.7 Å². The van der Waals surface area contributed by atoms with E-state index in [0.29, 0.717) is 5.82 Å².